The van der Waals surface area contributed by atoms with E-state index in [1.54, 1.807) is 24.3 Å². The van der Waals surface area contributed by atoms with Crippen LogP contribution in [0.5, 0.6) is 0 Å². The first-order valence-corrected chi connectivity index (χ1v) is 9.39. The zero-order valence-corrected chi connectivity index (χ0v) is 14.9. The first-order chi connectivity index (χ1) is 12.6. The highest BCUT2D eigenvalue weighted by atomic mass is 32.1. The van der Waals surface area contributed by atoms with Crippen LogP contribution in [0.3, 0.4) is 0 Å². The largest absolute Gasteiger partial charge is 0.268 e. The molecule has 0 bridgehead atoms. The Labute approximate surface area is 152 Å². The topological polar surface area (TPSA) is 30.7 Å². The fraction of sp³-hybridized carbons (Fsp3) is 0.200. The van der Waals surface area contributed by atoms with Crippen LogP contribution in [0, 0.1) is 18.6 Å². The third-order valence-electron chi connectivity index (χ3n) is 4.96. The molecule has 0 saturated carbocycles. The van der Waals surface area contributed by atoms with Gasteiger partial charge in [0.05, 0.1) is 15.7 Å². The summed E-state index contributed by atoms with van der Waals surface area (Å²) in [6, 6.07) is 8.58. The van der Waals surface area contributed by atoms with Crippen molar-refractivity contribution >= 4 is 21.6 Å². The number of benzene rings is 2. The van der Waals surface area contributed by atoms with Gasteiger partial charge in [-0.1, -0.05) is 6.07 Å². The third kappa shape index (κ3) is 2.29. The van der Waals surface area contributed by atoms with Crippen LogP contribution in [-0.4, -0.2) is 14.8 Å². The van der Waals surface area contributed by atoms with Gasteiger partial charge in [-0.15, -0.1) is 11.3 Å². The number of fused-ring (bicyclic) bond motifs is 2. The standard InChI is InChI=1S/C20H15F2N3S/c1-11-7-13(15(22)9-14(11)21)20-19(17-3-2-6-25(17)24-20)12-4-5-16-18(8-12)26-10-23-16/h4-5,7-10H,2-3,6H2,1H3. The first-order valence-electron chi connectivity index (χ1n) is 8.51. The molecule has 0 fully saturated rings. The van der Waals surface area contributed by atoms with E-state index in [-0.39, 0.29) is 0 Å². The van der Waals surface area contributed by atoms with Gasteiger partial charge in [-0.05, 0) is 49.1 Å². The second-order valence-corrected chi connectivity index (χ2v) is 7.50. The number of aromatic nitrogens is 3. The lowest BCUT2D eigenvalue weighted by molar-refractivity contribution is 0.578. The minimum atomic E-state index is -0.579. The van der Waals surface area contributed by atoms with Crippen molar-refractivity contribution in [3.05, 3.63) is 58.7 Å². The molecule has 3 heterocycles. The second kappa shape index (κ2) is 5.71. The van der Waals surface area contributed by atoms with Crippen molar-refractivity contribution in [1.82, 2.24) is 14.8 Å². The van der Waals surface area contributed by atoms with Crippen LogP contribution in [-0.2, 0) is 13.0 Å². The summed E-state index contributed by atoms with van der Waals surface area (Å²) in [6.07, 6.45) is 1.94. The molecule has 1 aliphatic heterocycles. The van der Waals surface area contributed by atoms with E-state index in [0.717, 1.165) is 52.5 Å². The van der Waals surface area contributed by atoms with Crippen LogP contribution in [0.1, 0.15) is 17.7 Å². The van der Waals surface area contributed by atoms with Gasteiger partial charge in [0.15, 0.2) is 0 Å². The van der Waals surface area contributed by atoms with Crippen LogP contribution in [0.2, 0.25) is 0 Å². The zero-order valence-electron chi connectivity index (χ0n) is 14.1. The van der Waals surface area contributed by atoms with Crippen LogP contribution in [0.25, 0.3) is 32.6 Å². The summed E-state index contributed by atoms with van der Waals surface area (Å²) in [6.45, 7) is 2.47. The summed E-state index contributed by atoms with van der Waals surface area (Å²) >= 11 is 1.58. The van der Waals surface area contributed by atoms with Gasteiger partial charge in [-0.2, -0.15) is 5.10 Å². The number of halogens is 2. The van der Waals surface area contributed by atoms with Crippen LogP contribution < -0.4 is 0 Å². The molecule has 0 N–H and O–H groups in total. The van der Waals surface area contributed by atoms with E-state index in [2.05, 4.69) is 16.1 Å². The molecular weight excluding hydrogens is 352 g/mol. The Hall–Kier alpha value is -2.60. The Morgan fingerprint density at radius 3 is 2.88 bits per heavy atom. The number of hydrogen-bond acceptors (Lipinski definition) is 3. The molecule has 4 aromatic rings. The SMILES string of the molecule is Cc1cc(-c2nn3c(c2-c2ccc4ncsc4c2)CCC3)c(F)cc1F. The molecule has 2 aromatic heterocycles. The van der Waals surface area contributed by atoms with Gasteiger partial charge in [-0.25, -0.2) is 13.8 Å². The predicted molar refractivity (Wildman–Crippen MR) is 99.3 cm³/mol. The van der Waals surface area contributed by atoms with E-state index in [9.17, 15) is 8.78 Å². The molecule has 0 spiro atoms. The molecule has 26 heavy (non-hydrogen) atoms. The van der Waals surface area contributed by atoms with E-state index in [1.807, 2.05) is 22.3 Å². The lowest BCUT2D eigenvalue weighted by Crippen LogP contribution is -1.96. The summed E-state index contributed by atoms with van der Waals surface area (Å²) in [4.78, 5) is 4.33. The van der Waals surface area contributed by atoms with Gasteiger partial charge in [0, 0.05) is 29.4 Å². The van der Waals surface area contributed by atoms with Gasteiger partial charge in [0.25, 0.3) is 0 Å². The second-order valence-electron chi connectivity index (χ2n) is 6.61. The molecular formula is C20H15F2N3S. The predicted octanol–water partition coefficient (Wildman–Crippen LogP) is 5.36. The van der Waals surface area contributed by atoms with Gasteiger partial charge in [0.2, 0.25) is 0 Å². The lowest BCUT2D eigenvalue weighted by atomic mass is 9.96. The maximum absolute atomic E-state index is 14.6. The Kier molecular flexibility index (Phi) is 3.43. The fourth-order valence-corrected chi connectivity index (χ4v) is 4.39. The summed E-state index contributed by atoms with van der Waals surface area (Å²) in [5.74, 6) is -1.12. The molecule has 6 heteroatoms. The summed E-state index contributed by atoms with van der Waals surface area (Å²) in [7, 11) is 0. The number of rotatable bonds is 2. The number of nitrogens with zero attached hydrogens (tertiary/aromatic N) is 3. The Morgan fingerprint density at radius 1 is 1.12 bits per heavy atom. The molecule has 0 atom stereocenters. The van der Waals surface area contributed by atoms with Crippen LogP contribution in [0.15, 0.2) is 35.8 Å². The molecule has 0 amide bonds. The van der Waals surface area contributed by atoms with Gasteiger partial charge >= 0.3 is 0 Å². The highest BCUT2D eigenvalue weighted by molar-refractivity contribution is 7.16. The monoisotopic (exact) mass is 367 g/mol. The Bertz CT molecular complexity index is 1160. The summed E-state index contributed by atoms with van der Waals surface area (Å²) < 4.78 is 31.4. The van der Waals surface area contributed by atoms with Gasteiger partial charge in [-0.3, -0.25) is 4.68 Å². The number of hydrogen-bond donors (Lipinski definition) is 0. The van der Waals surface area contributed by atoms with E-state index >= 15 is 0 Å². The molecule has 0 unspecified atom stereocenters. The van der Waals surface area contributed by atoms with Crippen molar-refractivity contribution in [2.75, 3.05) is 0 Å². The van der Waals surface area contributed by atoms with Crippen molar-refractivity contribution in [1.29, 1.82) is 0 Å². The van der Waals surface area contributed by atoms with Crippen molar-refractivity contribution in [2.24, 2.45) is 0 Å². The zero-order chi connectivity index (χ0) is 17.8. The Morgan fingerprint density at radius 2 is 2.00 bits per heavy atom. The Balaban J connectivity index is 1.78. The normalized spacial score (nSPS) is 13.5. The molecule has 0 radical (unpaired) electrons. The van der Waals surface area contributed by atoms with Crippen molar-refractivity contribution in [3.63, 3.8) is 0 Å². The minimum absolute atomic E-state index is 0.352. The highest BCUT2D eigenvalue weighted by Crippen LogP contribution is 2.40. The lowest BCUT2D eigenvalue weighted by Gasteiger charge is -2.08. The molecule has 0 aliphatic carbocycles. The summed E-state index contributed by atoms with van der Waals surface area (Å²) in [5.41, 5.74) is 7.19. The molecule has 5 rings (SSSR count). The molecule has 1 aliphatic rings. The average Bonchev–Trinajstić information content (AvgIpc) is 3.32. The number of aryl methyl sites for hydroxylation is 2. The number of thiazole rings is 1. The maximum atomic E-state index is 14.6. The van der Waals surface area contributed by atoms with E-state index in [0.29, 0.717) is 16.8 Å². The maximum Gasteiger partial charge on any atom is 0.135 e. The van der Waals surface area contributed by atoms with Crippen LogP contribution >= 0.6 is 11.3 Å². The van der Waals surface area contributed by atoms with Crippen molar-refractivity contribution < 1.29 is 8.78 Å². The summed E-state index contributed by atoms with van der Waals surface area (Å²) in [5, 5.41) is 4.68. The van der Waals surface area contributed by atoms with Crippen molar-refractivity contribution in [2.45, 2.75) is 26.3 Å². The minimum Gasteiger partial charge on any atom is -0.268 e. The quantitative estimate of drug-likeness (QED) is 0.477. The van der Waals surface area contributed by atoms with E-state index in [4.69, 9.17) is 0 Å². The third-order valence-corrected chi connectivity index (χ3v) is 5.76. The molecule has 0 saturated heterocycles. The molecule has 130 valence electrons. The van der Waals surface area contributed by atoms with Gasteiger partial charge in [0.1, 0.15) is 17.3 Å². The van der Waals surface area contributed by atoms with E-state index in [1.165, 1.54) is 0 Å². The smallest absolute Gasteiger partial charge is 0.135 e. The molecule has 2 aromatic carbocycles. The van der Waals surface area contributed by atoms with E-state index < -0.39 is 11.6 Å². The van der Waals surface area contributed by atoms with Gasteiger partial charge < -0.3 is 0 Å². The van der Waals surface area contributed by atoms with Crippen LogP contribution in [0.4, 0.5) is 8.78 Å². The average molecular weight is 367 g/mol. The highest BCUT2D eigenvalue weighted by Gasteiger charge is 2.26. The van der Waals surface area contributed by atoms with Crippen molar-refractivity contribution in [3.8, 4) is 22.4 Å². The fourth-order valence-electron chi connectivity index (χ4n) is 3.67. The molecule has 3 nitrogen and oxygen atoms in total. The first kappa shape index (κ1) is 15.6.